The summed E-state index contributed by atoms with van der Waals surface area (Å²) in [6.45, 7) is 5.58. The Morgan fingerprint density at radius 2 is 1.94 bits per heavy atom. The Bertz CT molecular complexity index is 445. The van der Waals surface area contributed by atoms with Crippen molar-refractivity contribution in [1.82, 2.24) is 0 Å². The summed E-state index contributed by atoms with van der Waals surface area (Å²) in [5, 5.41) is 0. The van der Waals surface area contributed by atoms with Crippen LogP contribution in [-0.4, -0.2) is 12.1 Å². The van der Waals surface area contributed by atoms with Crippen LogP contribution in [0.4, 0.5) is 0 Å². The van der Waals surface area contributed by atoms with E-state index in [9.17, 15) is 4.79 Å². The van der Waals surface area contributed by atoms with Crippen molar-refractivity contribution in [2.24, 2.45) is 0 Å². The number of epoxide rings is 1. The minimum absolute atomic E-state index is 0.206. The van der Waals surface area contributed by atoms with Crippen LogP contribution >= 0.6 is 0 Å². The van der Waals surface area contributed by atoms with Crippen LogP contribution < -0.4 is 4.74 Å². The quantitative estimate of drug-likeness (QED) is 0.348. The van der Waals surface area contributed by atoms with Crippen molar-refractivity contribution < 1.29 is 14.3 Å². The van der Waals surface area contributed by atoms with Gasteiger partial charge in [-0.3, -0.25) is 0 Å². The lowest BCUT2D eigenvalue weighted by Crippen LogP contribution is -2.08. The van der Waals surface area contributed by atoms with Crippen LogP contribution in [0.5, 0.6) is 5.75 Å². The first kappa shape index (κ1) is 11.9. The Morgan fingerprint density at radius 1 is 1.35 bits per heavy atom. The topological polar surface area (TPSA) is 38.8 Å². The molecule has 1 aliphatic heterocycles. The number of rotatable bonds is 3. The van der Waals surface area contributed by atoms with Gasteiger partial charge in [0.05, 0.1) is 6.10 Å². The summed E-state index contributed by atoms with van der Waals surface area (Å²) in [6.07, 6.45) is 2.24. The first-order valence-electron chi connectivity index (χ1n) is 5.72. The average molecular weight is 232 g/mol. The van der Waals surface area contributed by atoms with E-state index in [0.29, 0.717) is 17.4 Å². The van der Waals surface area contributed by atoms with Gasteiger partial charge in [0, 0.05) is 5.57 Å². The second-order valence-corrected chi connectivity index (χ2v) is 4.19. The van der Waals surface area contributed by atoms with E-state index in [2.05, 4.69) is 0 Å². The maximum absolute atomic E-state index is 11.5. The summed E-state index contributed by atoms with van der Waals surface area (Å²) in [6, 6.07) is 7.46. The van der Waals surface area contributed by atoms with Gasteiger partial charge >= 0.3 is 5.97 Å². The number of benzene rings is 1. The molecule has 1 aliphatic rings. The van der Waals surface area contributed by atoms with Crippen LogP contribution in [0.15, 0.2) is 35.9 Å². The molecule has 2 atom stereocenters. The number of esters is 1. The molecule has 1 aromatic rings. The highest BCUT2D eigenvalue weighted by atomic mass is 16.6. The number of allylic oxidation sites excluding steroid dienone is 1. The molecule has 2 rings (SSSR count). The van der Waals surface area contributed by atoms with Crippen molar-refractivity contribution in [3.63, 3.8) is 0 Å². The number of carbonyl (C=O) groups is 1. The third-order valence-electron chi connectivity index (χ3n) is 2.89. The number of ether oxygens (including phenoxy) is 2. The van der Waals surface area contributed by atoms with Crippen molar-refractivity contribution in [3.05, 3.63) is 41.5 Å². The highest BCUT2D eigenvalue weighted by molar-refractivity contribution is 5.89. The lowest BCUT2D eigenvalue weighted by atomic mass is 10.1. The van der Waals surface area contributed by atoms with Gasteiger partial charge in [0.25, 0.3) is 0 Å². The molecular formula is C14H16O3. The maximum Gasteiger partial charge on any atom is 0.338 e. The van der Waals surface area contributed by atoms with Crippen LogP contribution in [-0.2, 0) is 9.53 Å². The highest BCUT2D eigenvalue weighted by Crippen LogP contribution is 2.38. The van der Waals surface area contributed by atoms with Crippen molar-refractivity contribution in [1.29, 1.82) is 0 Å². The van der Waals surface area contributed by atoms with E-state index in [0.717, 1.165) is 5.56 Å². The molecule has 0 aromatic heterocycles. The number of carbonyl (C=O) groups excluding carboxylic acids is 1. The Kier molecular flexibility index (Phi) is 3.29. The SMILES string of the molecule is CC=C(C)C(=O)Oc1ccc(C2OC2C)cc1. The molecule has 0 aliphatic carbocycles. The van der Waals surface area contributed by atoms with Crippen LogP contribution in [0.25, 0.3) is 0 Å². The summed E-state index contributed by atoms with van der Waals surface area (Å²) in [4.78, 5) is 11.5. The lowest BCUT2D eigenvalue weighted by Gasteiger charge is -2.04. The third kappa shape index (κ3) is 2.74. The summed E-state index contributed by atoms with van der Waals surface area (Å²) in [5.41, 5.74) is 1.73. The molecule has 0 radical (unpaired) electrons. The number of hydrogen-bond acceptors (Lipinski definition) is 3. The van der Waals surface area contributed by atoms with Gasteiger partial charge in [-0.15, -0.1) is 0 Å². The van der Waals surface area contributed by atoms with Crippen LogP contribution in [0.3, 0.4) is 0 Å². The van der Waals surface area contributed by atoms with Crippen molar-refractivity contribution >= 4 is 5.97 Å². The third-order valence-corrected chi connectivity index (χ3v) is 2.89. The molecule has 1 heterocycles. The van der Waals surface area contributed by atoms with Gasteiger partial charge in [0.15, 0.2) is 0 Å². The van der Waals surface area contributed by atoms with E-state index in [1.807, 2.05) is 26.0 Å². The zero-order valence-corrected chi connectivity index (χ0v) is 10.3. The molecule has 3 heteroatoms. The smallest absolute Gasteiger partial charge is 0.338 e. The fourth-order valence-corrected chi connectivity index (χ4v) is 1.57. The molecule has 2 unspecified atom stereocenters. The molecule has 1 fully saturated rings. The van der Waals surface area contributed by atoms with Gasteiger partial charge in [-0.1, -0.05) is 18.2 Å². The molecular weight excluding hydrogens is 216 g/mol. The van der Waals surface area contributed by atoms with Crippen molar-refractivity contribution in [2.75, 3.05) is 0 Å². The fraction of sp³-hybridized carbons (Fsp3) is 0.357. The molecule has 0 spiro atoms. The van der Waals surface area contributed by atoms with Gasteiger partial charge in [-0.05, 0) is 38.5 Å². The molecule has 0 bridgehead atoms. The summed E-state index contributed by atoms with van der Waals surface area (Å²) in [5.74, 6) is 0.254. The lowest BCUT2D eigenvalue weighted by molar-refractivity contribution is -0.130. The Hall–Kier alpha value is -1.61. The predicted octanol–water partition coefficient (Wildman–Crippen LogP) is 3.02. The Balaban J connectivity index is 2.01. The molecule has 0 saturated carbocycles. The van der Waals surface area contributed by atoms with E-state index < -0.39 is 0 Å². The highest BCUT2D eigenvalue weighted by Gasteiger charge is 2.35. The summed E-state index contributed by atoms with van der Waals surface area (Å²) in [7, 11) is 0. The monoisotopic (exact) mass is 232 g/mol. The number of hydrogen-bond donors (Lipinski definition) is 0. The van der Waals surface area contributed by atoms with Crippen LogP contribution in [0.1, 0.15) is 32.4 Å². The molecule has 1 saturated heterocycles. The van der Waals surface area contributed by atoms with Crippen molar-refractivity contribution in [3.8, 4) is 5.75 Å². The standard InChI is InChI=1S/C14H16O3/c1-4-9(2)14(15)17-12-7-5-11(6-8-12)13-10(3)16-13/h4-8,10,13H,1-3H3. The molecule has 1 aromatic carbocycles. The Morgan fingerprint density at radius 3 is 2.41 bits per heavy atom. The van der Waals surface area contributed by atoms with Gasteiger partial charge in [-0.25, -0.2) is 4.79 Å². The van der Waals surface area contributed by atoms with E-state index >= 15 is 0 Å². The second kappa shape index (κ2) is 4.72. The first-order chi connectivity index (χ1) is 8.11. The van der Waals surface area contributed by atoms with Gasteiger partial charge < -0.3 is 9.47 Å². The van der Waals surface area contributed by atoms with Gasteiger partial charge in [0.2, 0.25) is 0 Å². The van der Waals surface area contributed by atoms with Crippen molar-refractivity contribution in [2.45, 2.75) is 33.0 Å². The largest absolute Gasteiger partial charge is 0.423 e. The average Bonchev–Trinajstić information content (AvgIpc) is 3.06. The van der Waals surface area contributed by atoms with E-state index in [4.69, 9.17) is 9.47 Å². The molecule has 90 valence electrons. The van der Waals surface area contributed by atoms with E-state index in [-0.39, 0.29) is 12.1 Å². The van der Waals surface area contributed by atoms with Gasteiger partial charge in [0.1, 0.15) is 11.9 Å². The second-order valence-electron chi connectivity index (χ2n) is 4.19. The van der Waals surface area contributed by atoms with E-state index in [1.165, 1.54) is 0 Å². The maximum atomic E-state index is 11.5. The van der Waals surface area contributed by atoms with Crippen LogP contribution in [0, 0.1) is 0 Å². The fourth-order valence-electron chi connectivity index (χ4n) is 1.57. The summed E-state index contributed by atoms with van der Waals surface area (Å²) >= 11 is 0. The Labute approximate surface area is 101 Å². The molecule has 17 heavy (non-hydrogen) atoms. The molecule has 0 N–H and O–H groups in total. The normalized spacial score (nSPS) is 23.4. The zero-order chi connectivity index (χ0) is 12.4. The van der Waals surface area contributed by atoms with Gasteiger partial charge in [-0.2, -0.15) is 0 Å². The van der Waals surface area contributed by atoms with E-state index in [1.54, 1.807) is 25.1 Å². The minimum atomic E-state index is -0.309. The minimum Gasteiger partial charge on any atom is -0.423 e. The van der Waals surface area contributed by atoms with Crippen LogP contribution in [0.2, 0.25) is 0 Å². The molecule has 3 nitrogen and oxygen atoms in total. The summed E-state index contributed by atoms with van der Waals surface area (Å²) < 4.78 is 10.6. The first-order valence-corrected chi connectivity index (χ1v) is 5.72. The molecule has 0 amide bonds. The predicted molar refractivity (Wildman–Crippen MR) is 64.8 cm³/mol. The zero-order valence-electron chi connectivity index (χ0n) is 10.3.